The van der Waals surface area contributed by atoms with E-state index >= 15 is 0 Å². The van der Waals surface area contributed by atoms with Crippen molar-refractivity contribution in [1.29, 1.82) is 0 Å². The monoisotopic (exact) mass is 221 g/mol. The number of esters is 1. The smallest absolute Gasteiger partial charge is 0.307 e. The number of carbonyl (C=O) groups is 1. The molecule has 0 saturated heterocycles. The normalized spacial score (nSPS) is 12.0. The van der Waals surface area contributed by atoms with E-state index in [1.165, 1.54) is 18.2 Å². The van der Waals surface area contributed by atoms with Crippen LogP contribution in [0.3, 0.4) is 0 Å². The van der Waals surface area contributed by atoms with Crippen LogP contribution in [-0.2, 0) is 9.53 Å². The number of anilines is 1. The van der Waals surface area contributed by atoms with E-state index < -0.39 is 0 Å². The fourth-order valence-corrected chi connectivity index (χ4v) is 1.54. The van der Waals surface area contributed by atoms with Crippen LogP contribution in [0.1, 0.15) is 24.5 Å². The molecule has 0 aromatic heterocycles. The molecule has 1 aromatic carbocycles. The predicted molar refractivity (Wildman–Crippen MR) is 65.6 cm³/mol. The molecule has 0 fully saturated rings. The van der Waals surface area contributed by atoms with Gasteiger partial charge in [0.05, 0.1) is 13.5 Å². The zero-order valence-electron chi connectivity index (χ0n) is 10.3. The average Bonchev–Trinajstić information content (AvgIpc) is 2.23. The summed E-state index contributed by atoms with van der Waals surface area (Å²) in [7, 11) is 1.41. The van der Waals surface area contributed by atoms with Crippen molar-refractivity contribution >= 4 is 11.7 Å². The molecular weight excluding hydrogens is 202 g/mol. The van der Waals surface area contributed by atoms with Gasteiger partial charge >= 0.3 is 5.97 Å². The fraction of sp³-hybridized carbons (Fsp3) is 0.462. The average molecular weight is 221 g/mol. The summed E-state index contributed by atoms with van der Waals surface area (Å²) in [5.41, 5.74) is 3.47. The van der Waals surface area contributed by atoms with E-state index in [1.807, 2.05) is 13.8 Å². The van der Waals surface area contributed by atoms with E-state index in [9.17, 15) is 4.79 Å². The van der Waals surface area contributed by atoms with Crippen molar-refractivity contribution in [3.8, 4) is 0 Å². The molecular formula is C13H19NO2. The van der Waals surface area contributed by atoms with Gasteiger partial charge in [-0.05, 0) is 38.0 Å². The Balaban J connectivity index is 2.65. The quantitative estimate of drug-likeness (QED) is 0.794. The van der Waals surface area contributed by atoms with Gasteiger partial charge in [0.15, 0.2) is 0 Å². The van der Waals surface area contributed by atoms with Crippen LogP contribution in [0.25, 0.3) is 0 Å². The summed E-state index contributed by atoms with van der Waals surface area (Å²) in [6.07, 6.45) is 0.379. The summed E-state index contributed by atoms with van der Waals surface area (Å²) in [5.74, 6) is -0.190. The van der Waals surface area contributed by atoms with Gasteiger partial charge < -0.3 is 10.1 Å². The standard InChI is InChI=1S/C13H19NO2/c1-9-5-6-10(2)12(7-9)14-11(3)8-13(15)16-4/h5-7,11,14H,8H2,1-4H3. The second-order valence-electron chi connectivity index (χ2n) is 4.14. The van der Waals surface area contributed by atoms with E-state index in [4.69, 9.17) is 0 Å². The highest BCUT2D eigenvalue weighted by Crippen LogP contribution is 2.17. The lowest BCUT2D eigenvalue weighted by molar-refractivity contribution is -0.140. The molecule has 1 N–H and O–H groups in total. The summed E-state index contributed by atoms with van der Waals surface area (Å²) in [6, 6.07) is 6.31. The number of ether oxygens (including phenoxy) is 1. The maximum atomic E-state index is 11.1. The van der Waals surface area contributed by atoms with Gasteiger partial charge in [-0.1, -0.05) is 12.1 Å². The third-order valence-electron chi connectivity index (χ3n) is 2.50. The second kappa shape index (κ2) is 5.54. The Bertz CT molecular complexity index is 374. The summed E-state index contributed by atoms with van der Waals surface area (Å²) >= 11 is 0. The van der Waals surface area contributed by atoms with Gasteiger partial charge in [0.25, 0.3) is 0 Å². The lowest BCUT2D eigenvalue weighted by Gasteiger charge is -2.16. The minimum atomic E-state index is -0.190. The van der Waals surface area contributed by atoms with Crippen LogP contribution in [0.15, 0.2) is 18.2 Å². The third kappa shape index (κ3) is 3.57. The minimum Gasteiger partial charge on any atom is -0.469 e. The first-order chi connectivity index (χ1) is 7.52. The highest BCUT2D eigenvalue weighted by molar-refractivity contribution is 5.70. The first-order valence-corrected chi connectivity index (χ1v) is 5.43. The number of methoxy groups -OCH3 is 1. The van der Waals surface area contributed by atoms with Crippen molar-refractivity contribution in [2.75, 3.05) is 12.4 Å². The number of nitrogens with one attached hydrogen (secondary N) is 1. The molecule has 0 amide bonds. The summed E-state index contributed by atoms with van der Waals surface area (Å²) in [4.78, 5) is 11.1. The SMILES string of the molecule is COC(=O)CC(C)Nc1cc(C)ccc1C. The Morgan fingerprint density at radius 2 is 2.12 bits per heavy atom. The molecule has 3 heteroatoms. The molecule has 1 aromatic rings. The number of aryl methyl sites for hydroxylation is 2. The van der Waals surface area contributed by atoms with Crippen molar-refractivity contribution in [3.63, 3.8) is 0 Å². The molecule has 0 heterocycles. The third-order valence-corrected chi connectivity index (χ3v) is 2.50. The molecule has 1 rings (SSSR count). The van der Waals surface area contributed by atoms with Gasteiger partial charge in [0.1, 0.15) is 0 Å². The number of hydrogen-bond acceptors (Lipinski definition) is 3. The Morgan fingerprint density at radius 1 is 1.44 bits per heavy atom. The lowest BCUT2D eigenvalue weighted by Crippen LogP contribution is -2.20. The van der Waals surface area contributed by atoms with Gasteiger partial charge in [0, 0.05) is 11.7 Å². The van der Waals surface area contributed by atoms with E-state index in [0.717, 1.165) is 5.69 Å². The summed E-state index contributed by atoms with van der Waals surface area (Å²) < 4.78 is 4.63. The highest BCUT2D eigenvalue weighted by Gasteiger charge is 2.09. The zero-order valence-corrected chi connectivity index (χ0v) is 10.3. The predicted octanol–water partition coefficient (Wildman–Crippen LogP) is 2.67. The van der Waals surface area contributed by atoms with Crippen LogP contribution in [0.2, 0.25) is 0 Å². The van der Waals surface area contributed by atoms with Crippen molar-refractivity contribution in [2.24, 2.45) is 0 Å². The fourth-order valence-electron chi connectivity index (χ4n) is 1.54. The molecule has 3 nitrogen and oxygen atoms in total. The van der Waals surface area contributed by atoms with Gasteiger partial charge in [-0.25, -0.2) is 0 Å². The molecule has 0 saturated carbocycles. The number of hydrogen-bond donors (Lipinski definition) is 1. The maximum absolute atomic E-state index is 11.1. The van der Waals surface area contributed by atoms with Crippen LogP contribution in [0.5, 0.6) is 0 Å². The molecule has 0 aliphatic heterocycles. The van der Waals surface area contributed by atoms with Gasteiger partial charge in [-0.3, -0.25) is 4.79 Å². The molecule has 0 bridgehead atoms. The van der Waals surface area contributed by atoms with Crippen LogP contribution in [-0.4, -0.2) is 19.1 Å². The van der Waals surface area contributed by atoms with Crippen molar-refractivity contribution < 1.29 is 9.53 Å². The van der Waals surface area contributed by atoms with E-state index in [-0.39, 0.29) is 12.0 Å². The number of rotatable bonds is 4. The Morgan fingerprint density at radius 3 is 2.75 bits per heavy atom. The van der Waals surface area contributed by atoms with E-state index in [2.05, 4.69) is 35.2 Å². The minimum absolute atomic E-state index is 0.0768. The van der Waals surface area contributed by atoms with Gasteiger partial charge in [0.2, 0.25) is 0 Å². The molecule has 0 spiro atoms. The van der Waals surface area contributed by atoms with Crippen LogP contribution in [0, 0.1) is 13.8 Å². The number of carbonyl (C=O) groups excluding carboxylic acids is 1. The molecule has 0 radical (unpaired) electrons. The first kappa shape index (κ1) is 12.6. The molecule has 1 atom stereocenters. The van der Waals surface area contributed by atoms with Crippen LogP contribution < -0.4 is 5.32 Å². The molecule has 0 aliphatic rings. The van der Waals surface area contributed by atoms with Crippen LogP contribution in [0.4, 0.5) is 5.69 Å². The van der Waals surface area contributed by atoms with Crippen molar-refractivity contribution in [2.45, 2.75) is 33.2 Å². The molecule has 1 unspecified atom stereocenters. The maximum Gasteiger partial charge on any atom is 0.307 e. The summed E-state index contributed by atoms with van der Waals surface area (Å²) in [6.45, 7) is 6.07. The van der Waals surface area contributed by atoms with E-state index in [0.29, 0.717) is 6.42 Å². The lowest BCUT2D eigenvalue weighted by atomic mass is 10.1. The largest absolute Gasteiger partial charge is 0.469 e. The van der Waals surface area contributed by atoms with Crippen molar-refractivity contribution in [1.82, 2.24) is 0 Å². The van der Waals surface area contributed by atoms with E-state index in [1.54, 1.807) is 0 Å². The molecule has 88 valence electrons. The molecule has 16 heavy (non-hydrogen) atoms. The second-order valence-corrected chi connectivity index (χ2v) is 4.14. The Kier molecular flexibility index (Phi) is 4.35. The van der Waals surface area contributed by atoms with Crippen LogP contribution >= 0.6 is 0 Å². The summed E-state index contributed by atoms with van der Waals surface area (Å²) in [5, 5.41) is 3.32. The Labute approximate surface area is 96.8 Å². The highest BCUT2D eigenvalue weighted by atomic mass is 16.5. The first-order valence-electron chi connectivity index (χ1n) is 5.43. The Hall–Kier alpha value is -1.51. The van der Waals surface area contributed by atoms with Crippen molar-refractivity contribution in [3.05, 3.63) is 29.3 Å². The zero-order chi connectivity index (χ0) is 12.1. The topological polar surface area (TPSA) is 38.3 Å². The number of benzene rings is 1. The van der Waals surface area contributed by atoms with Gasteiger partial charge in [-0.2, -0.15) is 0 Å². The molecule has 0 aliphatic carbocycles. The van der Waals surface area contributed by atoms with Gasteiger partial charge in [-0.15, -0.1) is 0 Å².